The first-order valence-corrected chi connectivity index (χ1v) is 8.04. The van der Waals surface area contributed by atoms with Gasteiger partial charge in [0, 0.05) is 17.7 Å². The maximum atomic E-state index is 13.6. The maximum absolute atomic E-state index is 13.6. The molecule has 0 aliphatic heterocycles. The molecule has 0 fully saturated rings. The molecule has 0 unspecified atom stereocenters. The Morgan fingerprint density at radius 1 is 1.08 bits per heavy atom. The van der Waals surface area contributed by atoms with E-state index in [1.807, 2.05) is 0 Å². The standard InChI is InChI=1S/C20H18FN3O2/c1-26-17-9-6-14(7-10-17)20(25)24-16-8-11-19(23-13-16)22-12-15-4-2-3-5-18(15)21/h2-11,13H,12H2,1H3,(H,22,23)(H,24,25). The van der Waals surface area contributed by atoms with Gasteiger partial charge in [-0.2, -0.15) is 0 Å². The molecular formula is C20H18FN3O2. The van der Waals surface area contributed by atoms with Crippen molar-refractivity contribution in [3.05, 3.63) is 83.8 Å². The largest absolute Gasteiger partial charge is 0.497 e. The Morgan fingerprint density at radius 2 is 1.85 bits per heavy atom. The maximum Gasteiger partial charge on any atom is 0.255 e. The quantitative estimate of drug-likeness (QED) is 0.702. The van der Waals surface area contributed by atoms with Crippen molar-refractivity contribution >= 4 is 17.4 Å². The van der Waals surface area contributed by atoms with Gasteiger partial charge in [-0.3, -0.25) is 4.79 Å². The molecule has 2 N–H and O–H groups in total. The van der Waals surface area contributed by atoms with Crippen molar-refractivity contribution in [2.75, 3.05) is 17.7 Å². The molecule has 1 heterocycles. The van der Waals surface area contributed by atoms with E-state index in [1.165, 1.54) is 6.07 Å². The Hall–Kier alpha value is -3.41. The number of halogens is 1. The number of carbonyl (C=O) groups is 1. The van der Waals surface area contributed by atoms with Crippen LogP contribution in [0.5, 0.6) is 5.75 Å². The number of amides is 1. The second-order valence-electron chi connectivity index (χ2n) is 5.56. The first-order chi connectivity index (χ1) is 12.7. The molecule has 6 heteroatoms. The second-order valence-corrected chi connectivity index (χ2v) is 5.56. The summed E-state index contributed by atoms with van der Waals surface area (Å²) in [5, 5.41) is 5.82. The van der Waals surface area contributed by atoms with Gasteiger partial charge < -0.3 is 15.4 Å². The van der Waals surface area contributed by atoms with Crippen molar-refractivity contribution in [3.8, 4) is 5.75 Å². The number of methoxy groups -OCH3 is 1. The number of carbonyl (C=O) groups excluding carboxylic acids is 1. The summed E-state index contributed by atoms with van der Waals surface area (Å²) in [4.78, 5) is 16.4. The van der Waals surface area contributed by atoms with Crippen LogP contribution in [0.2, 0.25) is 0 Å². The Morgan fingerprint density at radius 3 is 2.50 bits per heavy atom. The predicted octanol–water partition coefficient (Wildman–Crippen LogP) is 4.09. The molecule has 0 aliphatic rings. The van der Waals surface area contributed by atoms with Crippen molar-refractivity contribution in [3.63, 3.8) is 0 Å². The summed E-state index contributed by atoms with van der Waals surface area (Å²) in [6, 6.07) is 16.9. The van der Waals surface area contributed by atoms with E-state index >= 15 is 0 Å². The number of benzene rings is 2. The van der Waals surface area contributed by atoms with E-state index in [4.69, 9.17) is 4.74 Å². The predicted molar refractivity (Wildman–Crippen MR) is 98.9 cm³/mol. The number of hydrogen-bond acceptors (Lipinski definition) is 4. The summed E-state index contributed by atoms with van der Waals surface area (Å²) < 4.78 is 18.7. The molecule has 1 aromatic heterocycles. The first kappa shape index (κ1) is 17.4. The lowest BCUT2D eigenvalue weighted by Gasteiger charge is -2.09. The number of ether oxygens (including phenoxy) is 1. The molecule has 0 spiro atoms. The van der Waals surface area contributed by atoms with Crippen LogP contribution in [0.1, 0.15) is 15.9 Å². The van der Waals surface area contributed by atoms with Gasteiger partial charge in [0.25, 0.3) is 5.91 Å². The topological polar surface area (TPSA) is 63.2 Å². The minimum Gasteiger partial charge on any atom is -0.497 e. The third-order valence-electron chi connectivity index (χ3n) is 3.79. The molecule has 0 saturated heterocycles. The zero-order valence-electron chi connectivity index (χ0n) is 14.2. The third kappa shape index (κ3) is 4.36. The number of hydrogen-bond donors (Lipinski definition) is 2. The fourth-order valence-electron chi connectivity index (χ4n) is 2.35. The van der Waals surface area contributed by atoms with E-state index in [-0.39, 0.29) is 11.7 Å². The van der Waals surface area contributed by atoms with E-state index in [1.54, 1.807) is 67.9 Å². The fraction of sp³-hybridized carbons (Fsp3) is 0.100. The van der Waals surface area contributed by atoms with Gasteiger partial charge in [-0.25, -0.2) is 9.37 Å². The first-order valence-electron chi connectivity index (χ1n) is 8.04. The van der Waals surface area contributed by atoms with E-state index in [0.29, 0.717) is 34.9 Å². The van der Waals surface area contributed by atoms with Crippen LogP contribution in [0.3, 0.4) is 0 Å². The zero-order chi connectivity index (χ0) is 18.4. The SMILES string of the molecule is COc1ccc(C(=O)Nc2ccc(NCc3ccccc3F)nc2)cc1. The van der Waals surface area contributed by atoms with E-state index in [2.05, 4.69) is 15.6 Å². The summed E-state index contributed by atoms with van der Waals surface area (Å²) in [5.41, 5.74) is 1.65. The van der Waals surface area contributed by atoms with Crippen molar-refractivity contribution in [2.45, 2.75) is 6.54 Å². The van der Waals surface area contributed by atoms with Crippen LogP contribution < -0.4 is 15.4 Å². The number of pyridine rings is 1. The molecular weight excluding hydrogens is 333 g/mol. The molecule has 0 radical (unpaired) electrons. The molecule has 1 amide bonds. The zero-order valence-corrected chi connectivity index (χ0v) is 14.2. The lowest BCUT2D eigenvalue weighted by atomic mass is 10.2. The highest BCUT2D eigenvalue weighted by Gasteiger charge is 2.07. The van der Waals surface area contributed by atoms with Gasteiger partial charge in [0.1, 0.15) is 17.4 Å². The normalized spacial score (nSPS) is 10.2. The van der Waals surface area contributed by atoms with Crippen molar-refractivity contribution in [1.82, 2.24) is 4.98 Å². The van der Waals surface area contributed by atoms with Crippen LogP contribution in [-0.4, -0.2) is 18.0 Å². The van der Waals surface area contributed by atoms with Crippen LogP contribution in [0, 0.1) is 5.82 Å². The van der Waals surface area contributed by atoms with Crippen LogP contribution in [0.15, 0.2) is 66.9 Å². The highest BCUT2D eigenvalue weighted by molar-refractivity contribution is 6.04. The minimum atomic E-state index is -0.261. The summed E-state index contributed by atoms with van der Waals surface area (Å²) in [5.74, 6) is 0.786. The lowest BCUT2D eigenvalue weighted by molar-refractivity contribution is 0.102. The van der Waals surface area contributed by atoms with Gasteiger partial charge in [0.05, 0.1) is 19.0 Å². The number of aromatic nitrogens is 1. The van der Waals surface area contributed by atoms with Crippen LogP contribution in [0.4, 0.5) is 15.9 Å². The summed E-state index contributed by atoms with van der Waals surface area (Å²) in [6.07, 6.45) is 1.55. The summed E-state index contributed by atoms with van der Waals surface area (Å²) >= 11 is 0. The van der Waals surface area contributed by atoms with Gasteiger partial charge in [-0.1, -0.05) is 18.2 Å². The fourth-order valence-corrected chi connectivity index (χ4v) is 2.35. The van der Waals surface area contributed by atoms with Crippen LogP contribution in [0.25, 0.3) is 0 Å². The molecule has 0 bridgehead atoms. The average molecular weight is 351 g/mol. The van der Waals surface area contributed by atoms with E-state index in [0.717, 1.165) is 0 Å². The Balaban J connectivity index is 1.58. The summed E-state index contributed by atoms with van der Waals surface area (Å²) in [7, 11) is 1.57. The second kappa shape index (κ2) is 8.11. The number of rotatable bonds is 6. The van der Waals surface area contributed by atoms with Gasteiger partial charge in [0.2, 0.25) is 0 Å². The average Bonchev–Trinajstić information content (AvgIpc) is 2.68. The van der Waals surface area contributed by atoms with Crippen molar-refractivity contribution < 1.29 is 13.9 Å². The number of nitrogens with one attached hydrogen (secondary N) is 2. The van der Waals surface area contributed by atoms with Crippen molar-refractivity contribution in [2.24, 2.45) is 0 Å². The minimum absolute atomic E-state index is 0.235. The Kier molecular flexibility index (Phi) is 5.43. The van der Waals surface area contributed by atoms with E-state index in [9.17, 15) is 9.18 Å². The number of nitrogens with zero attached hydrogens (tertiary/aromatic N) is 1. The van der Waals surface area contributed by atoms with Crippen LogP contribution >= 0.6 is 0 Å². The highest BCUT2D eigenvalue weighted by atomic mass is 19.1. The smallest absolute Gasteiger partial charge is 0.255 e. The number of anilines is 2. The Labute approximate surface area is 150 Å². The highest BCUT2D eigenvalue weighted by Crippen LogP contribution is 2.15. The summed E-state index contributed by atoms with van der Waals surface area (Å²) in [6.45, 7) is 0.331. The van der Waals surface area contributed by atoms with Crippen LogP contribution in [-0.2, 0) is 6.54 Å². The molecule has 0 atom stereocenters. The van der Waals surface area contributed by atoms with Gasteiger partial charge in [-0.05, 0) is 42.5 Å². The van der Waals surface area contributed by atoms with Gasteiger partial charge >= 0.3 is 0 Å². The molecule has 26 heavy (non-hydrogen) atoms. The molecule has 3 rings (SSSR count). The van der Waals surface area contributed by atoms with Crippen molar-refractivity contribution in [1.29, 1.82) is 0 Å². The molecule has 0 saturated carbocycles. The molecule has 3 aromatic rings. The Bertz CT molecular complexity index is 880. The third-order valence-corrected chi connectivity index (χ3v) is 3.79. The molecule has 132 valence electrons. The van der Waals surface area contributed by atoms with Gasteiger partial charge in [0.15, 0.2) is 0 Å². The molecule has 0 aliphatic carbocycles. The lowest BCUT2D eigenvalue weighted by Crippen LogP contribution is -2.12. The molecule has 5 nitrogen and oxygen atoms in total. The monoisotopic (exact) mass is 351 g/mol. The van der Waals surface area contributed by atoms with E-state index < -0.39 is 0 Å². The van der Waals surface area contributed by atoms with Gasteiger partial charge in [-0.15, -0.1) is 0 Å². The molecule has 2 aromatic carbocycles.